The molecule has 0 aromatic heterocycles. The van der Waals surface area contributed by atoms with Gasteiger partial charge in [0.2, 0.25) is 0 Å². The average Bonchev–Trinajstić information content (AvgIpc) is 2.61. The summed E-state index contributed by atoms with van der Waals surface area (Å²) < 4.78 is 0. The minimum atomic E-state index is 0.236. The van der Waals surface area contributed by atoms with E-state index in [2.05, 4.69) is 72.4 Å². The maximum absolute atomic E-state index is 6.07. The molecule has 24 heavy (non-hydrogen) atoms. The highest BCUT2D eigenvalue weighted by Gasteiger charge is 2.17. The number of nitrogens with two attached hydrogens (primary N) is 1. The Kier molecular flexibility index (Phi) is 6.82. The molecule has 4 heteroatoms. The SMILES string of the molecule is CCN(CC)C(CN=C(N)Nc1ccc(C)cc1)c1ccccc1. The molecule has 3 N–H and O–H groups in total. The molecule has 0 aliphatic rings. The minimum absolute atomic E-state index is 0.236. The number of aliphatic imine (C=N–C) groups is 1. The van der Waals surface area contributed by atoms with Gasteiger partial charge >= 0.3 is 0 Å². The molecule has 2 rings (SSSR count). The number of guanidine groups is 1. The fraction of sp³-hybridized carbons (Fsp3) is 0.350. The third kappa shape index (κ3) is 5.10. The number of hydrogen-bond acceptors (Lipinski definition) is 2. The van der Waals surface area contributed by atoms with Gasteiger partial charge in [-0.15, -0.1) is 0 Å². The second-order valence-corrected chi connectivity index (χ2v) is 5.86. The van der Waals surface area contributed by atoms with Crippen molar-refractivity contribution in [2.45, 2.75) is 26.8 Å². The van der Waals surface area contributed by atoms with E-state index < -0.39 is 0 Å². The van der Waals surface area contributed by atoms with Crippen LogP contribution in [-0.4, -0.2) is 30.5 Å². The Bertz CT molecular complexity index is 630. The molecule has 0 amide bonds. The molecule has 0 aliphatic heterocycles. The summed E-state index contributed by atoms with van der Waals surface area (Å²) in [5.74, 6) is 0.451. The molecule has 4 nitrogen and oxygen atoms in total. The Morgan fingerprint density at radius 1 is 1.04 bits per heavy atom. The van der Waals surface area contributed by atoms with Crippen molar-refractivity contribution < 1.29 is 0 Å². The van der Waals surface area contributed by atoms with Gasteiger partial charge in [-0.1, -0.05) is 61.9 Å². The third-order valence-corrected chi connectivity index (χ3v) is 4.20. The number of nitrogens with one attached hydrogen (secondary N) is 1. The van der Waals surface area contributed by atoms with Crippen molar-refractivity contribution in [1.82, 2.24) is 4.90 Å². The van der Waals surface area contributed by atoms with Gasteiger partial charge in [0.05, 0.1) is 12.6 Å². The first kappa shape index (κ1) is 18.0. The number of nitrogens with zero attached hydrogens (tertiary/aromatic N) is 2. The van der Waals surface area contributed by atoms with Crippen molar-refractivity contribution in [3.05, 3.63) is 65.7 Å². The lowest BCUT2D eigenvalue weighted by atomic mass is 10.1. The number of rotatable bonds is 7. The lowest BCUT2D eigenvalue weighted by molar-refractivity contribution is 0.224. The Hall–Kier alpha value is -2.33. The monoisotopic (exact) mass is 324 g/mol. The minimum Gasteiger partial charge on any atom is -0.370 e. The van der Waals surface area contributed by atoms with Crippen LogP contribution in [0.1, 0.15) is 31.0 Å². The summed E-state index contributed by atoms with van der Waals surface area (Å²) in [6.07, 6.45) is 0. The highest BCUT2D eigenvalue weighted by atomic mass is 15.2. The van der Waals surface area contributed by atoms with Gasteiger partial charge in [0, 0.05) is 5.69 Å². The van der Waals surface area contributed by atoms with Crippen LogP contribution in [0.25, 0.3) is 0 Å². The van der Waals surface area contributed by atoms with Gasteiger partial charge in [-0.25, -0.2) is 0 Å². The molecule has 0 saturated heterocycles. The molecule has 0 radical (unpaired) electrons. The van der Waals surface area contributed by atoms with E-state index in [-0.39, 0.29) is 6.04 Å². The molecule has 2 aromatic rings. The molecule has 128 valence electrons. The van der Waals surface area contributed by atoms with E-state index >= 15 is 0 Å². The van der Waals surface area contributed by atoms with Crippen molar-refractivity contribution >= 4 is 11.6 Å². The van der Waals surface area contributed by atoms with Gasteiger partial charge in [0.15, 0.2) is 5.96 Å². The lowest BCUT2D eigenvalue weighted by Crippen LogP contribution is -2.32. The lowest BCUT2D eigenvalue weighted by Gasteiger charge is -2.29. The van der Waals surface area contributed by atoms with Gasteiger partial charge in [-0.3, -0.25) is 9.89 Å². The summed E-state index contributed by atoms with van der Waals surface area (Å²) in [4.78, 5) is 6.98. The highest BCUT2D eigenvalue weighted by Crippen LogP contribution is 2.20. The first-order chi connectivity index (χ1) is 11.6. The predicted molar refractivity (Wildman–Crippen MR) is 103 cm³/mol. The normalized spacial score (nSPS) is 13.1. The van der Waals surface area contributed by atoms with Crippen LogP contribution >= 0.6 is 0 Å². The zero-order valence-electron chi connectivity index (χ0n) is 14.9. The second-order valence-electron chi connectivity index (χ2n) is 5.86. The van der Waals surface area contributed by atoms with E-state index in [1.165, 1.54) is 11.1 Å². The van der Waals surface area contributed by atoms with E-state index in [0.717, 1.165) is 18.8 Å². The maximum atomic E-state index is 6.07. The van der Waals surface area contributed by atoms with Gasteiger partial charge in [0.25, 0.3) is 0 Å². The van der Waals surface area contributed by atoms with Crippen molar-refractivity contribution in [2.75, 3.05) is 25.0 Å². The molecular formula is C20H28N4. The van der Waals surface area contributed by atoms with Crippen LogP contribution in [0.2, 0.25) is 0 Å². The van der Waals surface area contributed by atoms with Crippen molar-refractivity contribution in [3.8, 4) is 0 Å². The zero-order valence-corrected chi connectivity index (χ0v) is 14.9. The van der Waals surface area contributed by atoms with Crippen molar-refractivity contribution in [3.63, 3.8) is 0 Å². The summed E-state index contributed by atoms with van der Waals surface area (Å²) in [6.45, 7) is 9.02. The Balaban J connectivity index is 2.09. The first-order valence-corrected chi connectivity index (χ1v) is 8.56. The molecule has 0 aliphatic carbocycles. The topological polar surface area (TPSA) is 53.6 Å². The van der Waals surface area contributed by atoms with Crippen LogP contribution in [0.5, 0.6) is 0 Å². The molecule has 0 fully saturated rings. The number of anilines is 1. The van der Waals surface area contributed by atoms with Crippen molar-refractivity contribution in [1.29, 1.82) is 0 Å². The molecule has 0 spiro atoms. The third-order valence-electron chi connectivity index (χ3n) is 4.20. The number of benzene rings is 2. The quantitative estimate of drug-likeness (QED) is 0.601. The van der Waals surface area contributed by atoms with Crippen molar-refractivity contribution in [2.24, 2.45) is 10.7 Å². The summed E-state index contributed by atoms with van der Waals surface area (Å²) in [5.41, 5.74) is 9.53. The van der Waals surface area contributed by atoms with Crippen LogP contribution in [0.15, 0.2) is 59.6 Å². The molecule has 0 bridgehead atoms. The average molecular weight is 324 g/mol. The van der Waals surface area contributed by atoms with Gasteiger partial charge in [-0.2, -0.15) is 0 Å². The van der Waals surface area contributed by atoms with E-state index in [1.807, 2.05) is 18.2 Å². The standard InChI is InChI=1S/C20H28N4/c1-4-24(5-2)19(17-9-7-6-8-10-17)15-22-20(21)23-18-13-11-16(3)12-14-18/h6-14,19H,4-5,15H2,1-3H3,(H3,21,22,23). The van der Waals surface area contributed by atoms with Gasteiger partial charge < -0.3 is 11.1 Å². The number of likely N-dealkylation sites (N-methyl/N-ethyl adjacent to an activating group) is 1. The Labute approximate surface area is 145 Å². The Morgan fingerprint density at radius 2 is 1.67 bits per heavy atom. The van der Waals surface area contributed by atoms with E-state index in [4.69, 9.17) is 5.73 Å². The fourth-order valence-corrected chi connectivity index (χ4v) is 2.78. The molecule has 1 atom stereocenters. The largest absolute Gasteiger partial charge is 0.370 e. The fourth-order valence-electron chi connectivity index (χ4n) is 2.78. The molecular weight excluding hydrogens is 296 g/mol. The Morgan fingerprint density at radius 3 is 2.25 bits per heavy atom. The van der Waals surface area contributed by atoms with E-state index in [9.17, 15) is 0 Å². The first-order valence-electron chi connectivity index (χ1n) is 8.56. The molecule has 2 aromatic carbocycles. The maximum Gasteiger partial charge on any atom is 0.193 e. The summed E-state index contributed by atoms with van der Waals surface area (Å²) in [6, 6.07) is 18.9. The van der Waals surface area contributed by atoms with Crippen LogP contribution in [0.4, 0.5) is 5.69 Å². The zero-order chi connectivity index (χ0) is 17.4. The van der Waals surface area contributed by atoms with E-state index in [0.29, 0.717) is 12.5 Å². The summed E-state index contributed by atoms with van der Waals surface area (Å²) in [7, 11) is 0. The number of aryl methyl sites for hydroxylation is 1. The highest BCUT2D eigenvalue weighted by molar-refractivity contribution is 5.92. The smallest absolute Gasteiger partial charge is 0.193 e. The van der Waals surface area contributed by atoms with Gasteiger partial charge in [0.1, 0.15) is 0 Å². The molecule has 1 unspecified atom stereocenters. The molecule has 0 heterocycles. The summed E-state index contributed by atoms with van der Waals surface area (Å²) in [5, 5.41) is 3.16. The van der Waals surface area contributed by atoms with Crippen LogP contribution in [0.3, 0.4) is 0 Å². The van der Waals surface area contributed by atoms with Crippen LogP contribution < -0.4 is 11.1 Å². The van der Waals surface area contributed by atoms with Gasteiger partial charge in [-0.05, 0) is 37.7 Å². The molecule has 0 saturated carbocycles. The number of hydrogen-bond donors (Lipinski definition) is 2. The second kappa shape index (κ2) is 9.08. The van der Waals surface area contributed by atoms with Crippen LogP contribution in [0, 0.1) is 6.92 Å². The van der Waals surface area contributed by atoms with E-state index in [1.54, 1.807) is 0 Å². The van der Waals surface area contributed by atoms with Crippen LogP contribution in [-0.2, 0) is 0 Å². The predicted octanol–water partition coefficient (Wildman–Crippen LogP) is 3.80. The summed E-state index contributed by atoms with van der Waals surface area (Å²) >= 11 is 0.